The zero-order chi connectivity index (χ0) is 21.7. The summed E-state index contributed by atoms with van der Waals surface area (Å²) in [4.78, 5) is 17.0. The first-order valence-corrected chi connectivity index (χ1v) is 10.9. The van der Waals surface area contributed by atoms with E-state index in [1.165, 1.54) is 5.56 Å². The zero-order valence-electron chi connectivity index (χ0n) is 19.0. The lowest BCUT2D eigenvalue weighted by Crippen LogP contribution is -2.49. The van der Waals surface area contributed by atoms with E-state index >= 15 is 0 Å². The second kappa shape index (κ2) is 9.65. The van der Waals surface area contributed by atoms with Crippen LogP contribution in [0.1, 0.15) is 49.8 Å². The summed E-state index contributed by atoms with van der Waals surface area (Å²) in [6.45, 7) is 15.5. The van der Waals surface area contributed by atoms with Crippen molar-refractivity contribution in [3.63, 3.8) is 0 Å². The summed E-state index contributed by atoms with van der Waals surface area (Å²) in [5.41, 5.74) is 3.22. The van der Waals surface area contributed by atoms with Crippen LogP contribution < -0.4 is 4.74 Å². The van der Waals surface area contributed by atoms with Gasteiger partial charge in [0.05, 0.1) is 18.7 Å². The number of hydrogen-bond acceptors (Lipinski definition) is 5. The number of rotatable bonds is 7. The van der Waals surface area contributed by atoms with E-state index in [0.29, 0.717) is 13.0 Å². The highest BCUT2D eigenvalue weighted by molar-refractivity contribution is 5.79. The minimum Gasteiger partial charge on any atom is -0.494 e. The van der Waals surface area contributed by atoms with Crippen LogP contribution in [-0.2, 0) is 16.6 Å². The van der Waals surface area contributed by atoms with Crippen molar-refractivity contribution in [1.29, 1.82) is 0 Å². The van der Waals surface area contributed by atoms with Crippen LogP contribution in [0.25, 0.3) is 0 Å². The Hall–Kier alpha value is -2.34. The molecule has 6 nitrogen and oxygen atoms in total. The highest BCUT2D eigenvalue weighted by Crippen LogP contribution is 2.24. The molecule has 0 atom stereocenters. The first kappa shape index (κ1) is 22.3. The number of ether oxygens (including phenoxy) is 1. The maximum Gasteiger partial charge on any atom is 0.227 e. The van der Waals surface area contributed by atoms with Gasteiger partial charge in [0.2, 0.25) is 5.91 Å². The molecule has 1 amide bonds. The number of aryl methyl sites for hydroxylation is 2. The van der Waals surface area contributed by atoms with Crippen molar-refractivity contribution in [2.45, 2.75) is 52.9 Å². The van der Waals surface area contributed by atoms with Gasteiger partial charge in [-0.2, -0.15) is 0 Å². The van der Waals surface area contributed by atoms with Gasteiger partial charge >= 0.3 is 0 Å². The van der Waals surface area contributed by atoms with Gasteiger partial charge < -0.3 is 14.2 Å². The fourth-order valence-electron chi connectivity index (χ4n) is 3.77. The monoisotopic (exact) mass is 413 g/mol. The van der Waals surface area contributed by atoms with Crippen molar-refractivity contribution in [3.8, 4) is 5.75 Å². The third-order valence-corrected chi connectivity index (χ3v) is 5.84. The predicted octanol–water partition coefficient (Wildman–Crippen LogP) is 3.74. The van der Waals surface area contributed by atoms with Crippen LogP contribution in [0, 0.1) is 13.8 Å². The maximum absolute atomic E-state index is 12.6. The fraction of sp³-hybridized carbons (Fsp3) is 0.583. The van der Waals surface area contributed by atoms with Crippen molar-refractivity contribution >= 4 is 5.91 Å². The molecule has 0 N–H and O–H groups in total. The summed E-state index contributed by atoms with van der Waals surface area (Å²) in [7, 11) is 0. The summed E-state index contributed by atoms with van der Waals surface area (Å²) in [5, 5.41) is 3.94. The molecule has 0 unspecified atom stereocenters. The molecule has 1 saturated heterocycles. The van der Waals surface area contributed by atoms with Crippen LogP contribution in [0.3, 0.4) is 0 Å². The standard InChI is InChI=1S/C24H35N3O3/c1-18-22(19(2)30-25-18)17-23(28)27-14-12-26(13-15-27)11-6-16-29-21-9-7-20(8-10-21)24(3,4)5/h7-10H,6,11-17H2,1-5H3. The van der Waals surface area contributed by atoms with Crippen LogP contribution in [-0.4, -0.2) is 60.2 Å². The Morgan fingerprint density at radius 2 is 1.77 bits per heavy atom. The first-order valence-electron chi connectivity index (χ1n) is 10.9. The van der Waals surface area contributed by atoms with E-state index in [1.807, 2.05) is 18.7 Å². The van der Waals surface area contributed by atoms with Crippen molar-refractivity contribution in [1.82, 2.24) is 15.0 Å². The van der Waals surface area contributed by atoms with Crippen LogP contribution >= 0.6 is 0 Å². The Kier molecular flexibility index (Phi) is 7.19. The average Bonchev–Trinajstić information content (AvgIpc) is 3.03. The van der Waals surface area contributed by atoms with Crippen molar-refractivity contribution in [2.24, 2.45) is 0 Å². The molecular formula is C24H35N3O3. The molecule has 1 aromatic heterocycles. The van der Waals surface area contributed by atoms with Gasteiger partial charge in [0, 0.05) is 38.3 Å². The number of carbonyl (C=O) groups is 1. The molecule has 0 radical (unpaired) electrons. The van der Waals surface area contributed by atoms with Crippen LogP contribution in [0.4, 0.5) is 0 Å². The van der Waals surface area contributed by atoms with Crippen molar-refractivity contribution < 1.29 is 14.1 Å². The molecule has 0 bridgehead atoms. The molecule has 6 heteroatoms. The number of amides is 1. The van der Waals surface area contributed by atoms with E-state index in [9.17, 15) is 4.79 Å². The number of benzene rings is 1. The Morgan fingerprint density at radius 1 is 1.10 bits per heavy atom. The van der Waals surface area contributed by atoms with Gasteiger partial charge in [0.1, 0.15) is 11.5 Å². The van der Waals surface area contributed by atoms with E-state index in [4.69, 9.17) is 9.26 Å². The third-order valence-electron chi connectivity index (χ3n) is 5.84. The lowest BCUT2D eigenvalue weighted by Gasteiger charge is -2.34. The minimum atomic E-state index is 0.158. The molecular weight excluding hydrogens is 378 g/mol. The molecule has 30 heavy (non-hydrogen) atoms. The summed E-state index contributed by atoms with van der Waals surface area (Å²) in [6, 6.07) is 8.41. The SMILES string of the molecule is Cc1noc(C)c1CC(=O)N1CCN(CCCOc2ccc(C(C)(C)C)cc2)CC1. The molecule has 1 aliphatic heterocycles. The summed E-state index contributed by atoms with van der Waals surface area (Å²) < 4.78 is 11.1. The molecule has 0 spiro atoms. The number of aromatic nitrogens is 1. The van der Waals surface area contributed by atoms with E-state index in [2.05, 4.69) is 55.1 Å². The van der Waals surface area contributed by atoms with Gasteiger partial charge in [0.25, 0.3) is 0 Å². The number of nitrogens with zero attached hydrogens (tertiary/aromatic N) is 3. The van der Waals surface area contributed by atoms with E-state index in [1.54, 1.807) is 0 Å². The van der Waals surface area contributed by atoms with Gasteiger partial charge in [-0.15, -0.1) is 0 Å². The fourth-order valence-corrected chi connectivity index (χ4v) is 3.77. The molecule has 2 heterocycles. The third kappa shape index (κ3) is 5.85. The van der Waals surface area contributed by atoms with Crippen LogP contribution in [0.5, 0.6) is 5.75 Å². The molecule has 1 aliphatic rings. The smallest absolute Gasteiger partial charge is 0.227 e. The summed E-state index contributed by atoms with van der Waals surface area (Å²) in [6.07, 6.45) is 1.36. The number of carbonyl (C=O) groups excluding carboxylic acids is 1. The predicted molar refractivity (Wildman–Crippen MR) is 118 cm³/mol. The highest BCUT2D eigenvalue weighted by Gasteiger charge is 2.23. The second-order valence-corrected chi connectivity index (χ2v) is 9.18. The van der Waals surface area contributed by atoms with Gasteiger partial charge in [-0.3, -0.25) is 9.69 Å². The lowest BCUT2D eigenvalue weighted by atomic mass is 9.87. The largest absolute Gasteiger partial charge is 0.494 e. The Morgan fingerprint density at radius 3 is 2.33 bits per heavy atom. The first-order chi connectivity index (χ1) is 14.2. The number of piperazine rings is 1. The van der Waals surface area contributed by atoms with Crippen LogP contribution in [0.15, 0.2) is 28.8 Å². The second-order valence-electron chi connectivity index (χ2n) is 9.18. The van der Waals surface area contributed by atoms with Crippen molar-refractivity contribution in [2.75, 3.05) is 39.3 Å². The Balaban J connectivity index is 1.34. The summed E-state index contributed by atoms with van der Waals surface area (Å²) in [5.74, 6) is 1.83. The van der Waals surface area contributed by atoms with E-state index < -0.39 is 0 Å². The summed E-state index contributed by atoms with van der Waals surface area (Å²) >= 11 is 0. The number of hydrogen-bond donors (Lipinski definition) is 0. The molecule has 1 fully saturated rings. The maximum atomic E-state index is 12.6. The molecule has 1 aromatic carbocycles. The van der Waals surface area contributed by atoms with Gasteiger partial charge in [-0.1, -0.05) is 38.1 Å². The Labute approximate surface area is 180 Å². The minimum absolute atomic E-state index is 0.158. The van der Waals surface area contributed by atoms with Gasteiger partial charge in [-0.25, -0.2) is 0 Å². The molecule has 3 rings (SSSR count). The zero-order valence-corrected chi connectivity index (χ0v) is 19.0. The van der Waals surface area contributed by atoms with Gasteiger partial charge in [-0.05, 0) is 43.4 Å². The van der Waals surface area contributed by atoms with Gasteiger partial charge in [0.15, 0.2) is 0 Å². The molecule has 164 valence electrons. The average molecular weight is 414 g/mol. The highest BCUT2D eigenvalue weighted by atomic mass is 16.5. The van der Waals surface area contributed by atoms with Crippen LogP contribution in [0.2, 0.25) is 0 Å². The molecule has 0 aliphatic carbocycles. The Bertz CT molecular complexity index is 809. The molecule has 2 aromatic rings. The topological polar surface area (TPSA) is 58.8 Å². The molecule has 0 saturated carbocycles. The normalized spacial score (nSPS) is 15.4. The van der Waals surface area contributed by atoms with E-state index in [-0.39, 0.29) is 11.3 Å². The quantitative estimate of drug-likeness (QED) is 0.647. The van der Waals surface area contributed by atoms with Crippen molar-refractivity contribution in [3.05, 3.63) is 46.8 Å². The lowest BCUT2D eigenvalue weighted by molar-refractivity contribution is -0.132. The van der Waals surface area contributed by atoms with E-state index in [0.717, 1.165) is 61.9 Å².